The maximum atomic E-state index is 12.3. The van der Waals surface area contributed by atoms with Gasteiger partial charge in [-0.05, 0) is 11.6 Å². The van der Waals surface area contributed by atoms with Crippen LogP contribution in [0.2, 0.25) is 0 Å². The molecule has 2 rings (SSSR count). The van der Waals surface area contributed by atoms with E-state index in [4.69, 9.17) is 0 Å². The molecule has 1 aromatic carbocycles. The largest absolute Gasteiger partial charge is 0.468 e. The molecule has 0 amide bonds. The molecule has 27 heavy (non-hydrogen) atoms. The van der Waals surface area contributed by atoms with Crippen molar-refractivity contribution in [2.45, 2.75) is 18.5 Å². The smallest absolute Gasteiger partial charge is 0.422 e. The van der Waals surface area contributed by atoms with Crippen LogP contribution in [0, 0.1) is 10.1 Å². The topological polar surface area (TPSA) is 111 Å². The van der Waals surface area contributed by atoms with Gasteiger partial charge >= 0.3 is 6.18 Å². The molecule has 2 aromatic rings. The summed E-state index contributed by atoms with van der Waals surface area (Å²) in [6.07, 6.45) is -3.33. The zero-order valence-corrected chi connectivity index (χ0v) is 14.5. The number of pyridine rings is 1. The summed E-state index contributed by atoms with van der Waals surface area (Å²) in [5, 5.41) is 10.6. The quantitative estimate of drug-likeness (QED) is 0.534. The fraction of sp³-hybridized carbons (Fsp3) is 0.267. The lowest BCUT2D eigenvalue weighted by Crippen LogP contribution is -2.26. The Hall–Kier alpha value is -2.73. The number of benzene rings is 1. The number of hydrogen-bond donors (Lipinski definition) is 1. The van der Waals surface area contributed by atoms with Crippen LogP contribution in [0.1, 0.15) is 11.1 Å². The lowest BCUT2D eigenvalue weighted by atomic mass is 10.2. The molecule has 0 aliphatic heterocycles. The minimum atomic E-state index is -4.55. The summed E-state index contributed by atoms with van der Waals surface area (Å²) in [5.74, 6) is -0.780. The lowest BCUT2D eigenvalue weighted by molar-refractivity contribution is -0.384. The zero-order valence-electron chi connectivity index (χ0n) is 13.6. The van der Waals surface area contributed by atoms with Crippen molar-refractivity contribution in [3.8, 4) is 5.88 Å². The number of ether oxygens (including phenoxy) is 1. The van der Waals surface area contributed by atoms with E-state index in [1.807, 2.05) is 0 Å². The van der Waals surface area contributed by atoms with Gasteiger partial charge in [0, 0.05) is 30.4 Å². The van der Waals surface area contributed by atoms with Crippen molar-refractivity contribution >= 4 is 15.7 Å². The summed E-state index contributed by atoms with van der Waals surface area (Å²) in [7, 11) is -3.85. The number of nitrogens with zero attached hydrogens (tertiary/aromatic N) is 2. The van der Waals surface area contributed by atoms with Gasteiger partial charge < -0.3 is 4.74 Å². The molecule has 0 bridgehead atoms. The summed E-state index contributed by atoms with van der Waals surface area (Å²) in [6, 6.07) is 7.77. The van der Waals surface area contributed by atoms with Gasteiger partial charge in [0.15, 0.2) is 6.61 Å². The maximum Gasteiger partial charge on any atom is 0.422 e. The van der Waals surface area contributed by atoms with E-state index >= 15 is 0 Å². The lowest BCUT2D eigenvalue weighted by Gasteiger charge is -2.12. The Balaban J connectivity index is 2.01. The molecule has 8 nitrogen and oxygen atoms in total. The Morgan fingerprint density at radius 1 is 1.19 bits per heavy atom. The van der Waals surface area contributed by atoms with Crippen LogP contribution >= 0.6 is 0 Å². The molecular formula is C15H14F3N3O5S. The fourth-order valence-corrected chi connectivity index (χ4v) is 3.12. The number of aromatic nitrogens is 1. The van der Waals surface area contributed by atoms with Crippen molar-refractivity contribution in [3.05, 3.63) is 63.8 Å². The SMILES string of the molecule is O=[N+]([O-])c1ccc(CS(=O)(=O)NCc2cccnc2OCC(F)(F)F)cc1. The van der Waals surface area contributed by atoms with Gasteiger partial charge in [-0.3, -0.25) is 10.1 Å². The third-order valence-corrected chi connectivity index (χ3v) is 4.51. The molecule has 146 valence electrons. The van der Waals surface area contributed by atoms with Crippen LogP contribution in [0.4, 0.5) is 18.9 Å². The summed E-state index contributed by atoms with van der Waals surface area (Å²) in [6.45, 7) is -1.87. The van der Waals surface area contributed by atoms with Crippen molar-refractivity contribution in [2.75, 3.05) is 6.61 Å². The fourth-order valence-electron chi connectivity index (χ4n) is 2.01. The number of hydrogen-bond acceptors (Lipinski definition) is 6. The van der Waals surface area contributed by atoms with Gasteiger partial charge in [0.2, 0.25) is 15.9 Å². The van der Waals surface area contributed by atoms with Crippen LogP contribution in [0.5, 0.6) is 5.88 Å². The first-order valence-electron chi connectivity index (χ1n) is 7.40. The third kappa shape index (κ3) is 6.83. The third-order valence-electron chi connectivity index (χ3n) is 3.21. The predicted octanol–water partition coefficient (Wildman–Crippen LogP) is 2.55. The second-order valence-corrected chi connectivity index (χ2v) is 7.18. The average Bonchev–Trinajstić information content (AvgIpc) is 2.58. The minimum absolute atomic E-state index is 0.133. The number of alkyl halides is 3. The molecule has 0 saturated carbocycles. The molecule has 12 heteroatoms. The molecule has 1 heterocycles. The minimum Gasteiger partial charge on any atom is -0.468 e. The Morgan fingerprint density at radius 3 is 2.44 bits per heavy atom. The van der Waals surface area contributed by atoms with Crippen molar-refractivity contribution in [2.24, 2.45) is 0 Å². The number of nitrogens with one attached hydrogen (secondary N) is 1. The Morgan fingerprint density at radius 2 is 1.85 bits per heavy atom. The van der Waals surface area contributed by atoms with Crippen molar-refractivity contribution in [1.82, 2.24) is 9.71 Å². The number of rotatable bonds is 8. The zero-order chi connectivity index (χ0) is 20.1. The molecule has 0 radical (unpaired) electrons. The van der Waals surface area contributed by atoms with Crippen LogP contribution < -0.4 is 9.46 Å². The number of non-ortho nitro benzene ring substituents is 1. The second kappa shape index (κ2) is 8.31. The Labute approximate surface area is 152 Å². The van der Waals surface area contributed by atoms with E-state index in [0.717, 1.165) is 0 Å². The normalized spacial score (nSPS) is 12.0. The number of nitro benzene ring substituents is 1. The van der Waals surface area contributed by atoms with Crippen LogP contribution in [-0.4, -0.2) is 31.1 Å². The van der Waals surface area contributed by atoms with Gasteiger partial charge in [-0.1, -0.05) is 18.2 Å². The molecule has 1 N–H and O–H groups in total. The van der Waals surface area contributed by atoms with Gasteiger partial charge in [-0.15, -0.1) is 0 Å². The molecule has 1 aromatic heterocycles. The van der Waals surface area contributed by atoms with Crippen molar-refractivity contribution < 1.29 is 31.2 Å². The highest BCUT2D eigenvalue weighted by Gasteiger charge is 2.29. The first-order valence-corrected chi connectivity index (χ1v) is 9.05. The van der Waals surface area contributed by atoms with E-state index in [0.29, 0.717) is 5.56 Å². The van der Waals surface area contributed by atoms with E-state index in [9.17, 15) is 31.7 Å². The monoisotopic (exact) mass is 405 g/mol. The number of nitro groups is 1. The molecule has 0 unspecified atom stereocenters. The highest BCUT2D eigenvalue weighted by molar-refractivity contribution is 7.88. The van der Waals surface area contributed by atoms with Crippen LogP contribution in [0.3, 0.4) is 0 Å². The van der Waals surface area contributed by atoms with E-state index in [2.05, 4.69) is 14.4 Å². The standard InChI is InChI=1S/C15H14F3N3O5S/c16-15(17,18)10-26-14-12(2-1-7-19-14)8-20-27(24,25)9-11-3-5-13(6-4-11)21(22)23/h1-7,20H,8-10H2. The van der Waals surface area contributed by atoms with Gasteiger partial charge in [0.05, 0.1) is 10.7 Å². The van der Waals surface area contributed by atoms with Gasteiger partial charge in [-0.2, -0.15) is 13.2 Å². The number of sulfonamides is 1. The molecule has 0 aliphatic carbocycles. The van der Waals surface area contributed by atoms with Crippen LogP contribution in [-0.2, 0) is 22.3 Å². The van der Waals surface area contributed by atoms with Crippen LogP contribution in [0.15, 0.2) is 42.6 Å². The Kier molecular flexibility index (Phi) is 6.33. The molecule has 0 spiro atoms. The summed E-state index contributed by atoms with van der Waals surface area (Å²) < 4.78 is 67.9. The molecular weight excluding hydrogens is 391 g/mol. The highest BCUT2D eigenvalue weighted by atomic mass is 32.2. The second-order valence-electron chi connectivity index (χ2n) is 5.38. The first kappa shape index (κ1) is 20.6. The van der Waals surface area contributed by atoms with E-state index in [1.165, 1.54) is 42.6 Å². The van der Waals surface area contributed by atoms with E-state index in [1.54, 1.807) is 0 Å². The maximum absolute atomic E-state index is 12.3. The molecule has 0 aliphatic rings. The highest BCUT2D eigenvalue weighted by Crippen LogP contribution is 2.20. The summed E-state index contributed by atoms with van der Waals surface area (Å²) in [5.41, 5.74) is 0.271. The van der Waals surface area contributed by atoms with Gasteiger partial charge in [0.1, 0.15) is 0 Å². The predicted molar refractivity (Wildman–Crippen MR) is 88.3 cm³/mol. The average molecular weight is 405 g/mol. The van der Waals surface area contributed by atoms with Gasteiger partial charge in [0.25, 0.3) is 5.69 Å². The molecule has 0 atom stereocenters. The van der Waals surface area contributed by atoms with Gasteiger partial charge in [-0.25, -0.2) is 18.1 Å². The van der Waals surface area contributed by atoms with Crippen LogP contribution in [0.25, 0.3) is 0 Å². The Bertz CT molecular complexity index is 902. The summed E-state index contributed by atoms with van der Waals surface area (Å²) in [4.78, 5) is 13.7. The number of halogens is 3. The molecule has 0 fully saturated rings. The van der Waals surface area contributed by atoms with E-state index in [-0.39, 0.29) is 23.7 Å². The molecule has 0 saturated heterocycles. The summed E-state index contributed by atoms with van der Waals surface area (Å²) >= 11 is 0. The van der Waals surface area contributed by atoms with E-state index < -0.39 is 33.5 Å². The van der Waals surface area contributed by atoms with Crippen molar-refractivity contribution in [1.29, 1.82) is 0 Å². The van der Waals surface area contributed by atoms with Crippen molar-refractivity contribution in [3.63, 3.8) is 0 Å². The first-order chi connectivity index (χ1) is 12.6.